The fourth-order valence-electron chi connectivity index (χ4n) is 5.32. The summed E-state index contributed by atoms with van der Waals surface area (Å²) in [6, 6.07) is 9.34. The van der Waals surface area contributed by atoms with Gasteiger partial charge in [-0.2, -0.15) is 0 Å². The summed E-state index contributed by atoms with van der Waals surface area (Å²) < 4.78 is 43.8. The van der Waals surface area contributed by atoms with Crippen LogP contribution in [0.5, 0.6) is 0 Å². The Bertz CT molecular complexity index is 1750. The molecule has 0 spiro atoms. The van der Waals surface area contributed by atoms with E-state index in [4.69, 9.17) is 4.98 Å². The molecular weight excluding hydrogens is 567 g/mol. The van der Waals surface area contributed by atoms with Crippen LogP contribution in [0.2, 0.25) is 0 Å². The Morgan fingerprint density at radius 3 is 2.60 bits per heavy atom. The second-order valence-electron chi connectivity index (χ2n) is 10.8. The topological polar surface area (TPSA) is 56.8 Å². The van der Waals surface area contributed by atoms with Gasteiger partial charge in [0.05, 0.1) is 12.2 Å². The van der Waals surface area contributed by atoms with Crippen molar-refractivity contribution in [3.63, 3.8) is 0 Å². The van der Waals surface area contributed by atoms with Crippen LogP contribution in [0, 0.1) is 12.7 Å². The molecular formula is C34H34F3N5S. The van der Waals surface area contributed by atoms with Gasteiger partial charge in [0.25, 0.3) is 5.92 Å². The Labute approximate surface area is 254 Å². The van der Waals surface area contributed by atoms with E-state index >= 15 is 4.39 Å². The zero-order valence-corrected chi connectivity index (χ0v) is 25.3. The van der Waals surface area contributed by atoms with Crippen molar-refractivity contribution in [2.75, 3.05) is 25.5 Å². The molecule has 9 heteroatoms. The molecule has 0 amide bonds. The van der Waals surface area contributed by atoms with Gasteiger partial charge >= 0.3 is 0 Å². The van der Waals surface area contributed by atoms with E-state index < -0.39 is 11.7 Å². The number of aryl methyl sites for hydroxylation is 1. The number of hydrogen-bond donors (Lipinski definition) is 2. The minimum atomic E-state index is -2.68. The first-order valence-corrected chi connectivity index (χ1v) is 14.7. The molecule has 0 radical (unpaired) electrons. The molecule has 5 nitrogen and oxygen atoms in total. The van der Waals surface area contributed by atoms with Gasteiger partial charge in [-0.05, 0) is 55.3 Å². The summed E-state index contributed by atoms with van der Waals surface area (Å²) in [7, 11) is 1.72. The van der Waals surface area contributed by atoms with Gasteiger partial charge in [0.15, 0.2) is 0 Å². The van der Waals surface area contributed by atoms with E-state index in [-0.39, 0.29) is 18.5 Å². The number of aromatic amines is 1. The standard InChI is InChI=1S/C34H34F3N5S/c1-7-8-26(29-12-11-28(43-29)20(2)3)32-22(5)40-33(41-32)21(4)30-27(38-6)10-9-25(31(30)35)24-15-23(16-39-17-24)18-42-14-13-34(36,37)19-42/h7-12,15-17,38H,1-2,4,13-14,18-19H2,3,5-6H3,(H,40,41)/b26-8-. The van der Waals surface area contributed by atoms with Crippen LogP contribution in [0.3, 0.4) is 0 Å². The monoisotopic (exact) mass is 601 g/mol. The van der Waals surface area contributed by atoms with Crippen molar-refractivity contribution in [1.29, 1.82) is 0 Å². The number of nitrogens with zero attached hydrogens (tertiary/aromatic N) is 3. The number of halogens is 3. The highest BCUT2D eigenvalue weighted by molar-refractivity contribution is 7.14. The van der Waals surface area contributed by atoms with E-state index in [9.17, 15) is 8.78 Å². The summed E-state index contributed by atoms with van der Waals surface area (Å²) >= 11 is 1.62. The zero-order valence-electron chi connectivity index (χ0n) is 24.5. The number of alkyl halides is 2. The predicted octanol–water partition coefficient (Wildman–Crippen LogP) is 8.58. The van der Waals surface area contributed by atoms with Crippen LogP contribution in [0.4, 0.5) is 18.9 Å². The van der Waals surface area contributed by atoms with Crippen LogP contribution >= 0.6 is 11.3 Å². The summed E-state index contributed by atoms with van der Waals surface area (Å²) in [5.41, 5.74) is 6.24. The number of allylic oxidation sites excluding steroid dienone is 3. The molecule has 5 rings (SSSR count). The van der Waals surface area contributed by atoms with Crippen molar-refractivity contribution in [2.45, 2.75) is 32.7 Å². The van der Waals surface area contributed by atoms with Crippen LogP contribution in [0.1, 0.15) is 51.4 Å². The minimum Gasteiger partial charge on any atom is -0.388 e. The van der Waals surface area contributed by atoms with Gasteiger partial charge < -0.3 is 10.3 Å². The van der Waals surface area contributed by atoms with E-state index in [1.807, 2.05) is 32.1 Å². The van der Waals surface area contributed by atoms with Crippen molar-refractivity contribution in [3.05, 3.63) is 119 Å². The third-order valence-electron chi connectivity index (χ3n) is 7.48. The molecule has 0 atom stereocenters. The van der Waals surface area contributed by atoms with E-state index in [1.54, 1.807) is 60.0 Å². The molecule has 222 valence electrons. The second kappa shape index (κ2) is 12.2. The highest BCUT2D eigenvalue weighted by atomic mass is 32.1. The van der Waals surface area contributed by atoms with Gasteiger partial charge in [0.2, 0.25) is 0 Å². The lowest BCUT2D eigenvalue weighted by Crippen LogP contribution is -2.24. The van der Waals surface area contributed by atoms with Crippen LogP contribution in [-0.2, 0) is 6.54 Å². The number of imidazole rings is 1. The molecule has 1 aliphatic heterocycles. The number of thiophene rings is 1. The predicted molar refractivity (Wildman–Crippen MR) is 172 cm³/mol. The fourth-order valence-corrected chi connectivity index (χ4v) is 6.27. The second-order valence-corrected chi connectivity index (χ2v) is 11.9. The third-order valence-corrected chi connectivity index (χ3v) is 8.76. The number of H-pyrrole nitrogens is 1. The van der Waals surface area contributed by atoms with Crippen LogP contribution in [-0.4, -0.2) is 45.9 Å². The van der Waals surface area contributed by atoms with Crippen molar-refractivity contribution in [2.24, 2.45) is 0 Å². The molecule has 43 heavy (non-hydrogen) atoms. The number of rotatable bonds is 10. The molecule has 3 aromatic heterocycles. The molecule has 2 N–H and O–H groups in total. The maximum atomic E-state index is 16.4. The maximum absolute atomic E-state index is 16.4. The highest BCUT2D eigenvalue weighted by Gasteiger charge is 2.38. The lowest BCUT2D eigenvalue weighted by Gasteiger charge is -2.17. The first-order valence-electron chi connectivity index (χ1n) is 13.9. The number of hydrogen-bond acceptors (Lipinski definition) is 5. The Morgan fingerprint density at radius 2 is 1.95 bits per heavy atom. The van der Waals surface area contributed by atoms with Gasteiger partial charge in [0, 0.05) is 87.9 Å². The number of pyridine rings is 1. The Hall–Kier alpha value is -4.21. The van der Waals surface area contributed by atoms with Gasteiger partial charge in [0.1, 0.15) is 11.6 Å². The first kappa shape index (κ1) is 30.3. The molecule has 1 fully saturated rings. The third kappa shape index (κ3) is 6.28. The SMILES string of the molecule is C=C/C=C(/c1ccc(C(=C)C)s1)c1nc(C(=C)c2c(NC)ccc(-c3cncc(CN4CCC(F)(F)C4)c3)c2F)[nH]c1C. The summed E-state index contributed by atoms with van der Waals surface area (Å²) in [5, 5.41) is 3.07. The molecule has 0 aliphatic carbocycles. The Morgan fingerprint density at radius 1 is 1.19 bits per heavy atom. The average molecular weight is 602 g/mol. The number of benzene rings is 1. The highest BCUT2D eigenvalue weighted by Crippen LogP contribution is 2.38. The molecule has 1 aliphatic rings. The van der Waals surface area contributed by atoms with E-state index in [1.165, 1.54) is 0 Å². The summed E-state index contributed by atoms with van der Waals surface area (Å²) in [4.78, 5) is 16.3. The average Bonchev–Trinajstić information content (AvgIpc) is 3.70. The van der Waals surface area contributed by atoms with Gasteiger partial charge in [-0.15, -0.1) is 11.3 Å². The van der Waals surface area contributed by atoms with Crippen LogP contribution < -0.4 is 5.32 Å². The molecule has 0 unspecified atom stereocenters. The van der Waals surface area contributed by atoms with Gasteiger partial charge in [-0.1, -0.05) is 31.9 Å². The molecule has 1 aromatic carbocycles. The largest absolute Gasteiger partial charge is 0.388 e. The minimum absolute atomic E-state index is 0.159. The summed E-state index contributed by atoms with van der Waals surface area (Å²) in [6.07, 6.45) is 6.68. The Kier molecular flexibility index (Phi) is 8.57. The van der Waals surface area contributed by atoms with Gasteiger partial charge in [-0.25, -0.2) is 18.2 Å². The van der Waals surface area contributed by atoms with Crippen LogP contribution in [0.15, 0.2) is 74.6 Å². The van der Waals surface area contributed by atoms with Crippen molar-refractivity contribution in [1.82, 2.24) is 19.9 Å². The van der Waals surface area contributed by atoms with Gasteiger partial charge in [-0.3, -0.25) is 9.88 Å². The van der Waals surface area contributed by atoms with Crippen LogP contribution in [0.25, 0.3) is 27.8 Å². The van der Waals surface area contributed by atoms with E-state index in [0.717, 1.165) is 37.9 Å². The number of anilines is 1. The van der Waals surface area contributed by atoms with Crippen molar-refractivity contribution in [3.8, 4) is 11.1 Å². The number of aromatic nitrogens is 3. The quantitative estimate of drug-likeness (QED) is 0.179. The molecule has 1 saturated heterocycles. The number of likely N-dealkylation sites (tertiary alicyclic amines) is 1. The van der Waals surface area contributed by atoms with E-state index in [2.05, 4.69) is 35.0 Å². The Balaban J connectivity index is 1.49. The molecule has 4 aromatic rings. The zero-order chi connectivity index (χ0) is 30.9. The summed E-state index contributed by atoms with van der Waals surface area (Å²) in [6.45, 7) is 16.4. The molecule has 4 heterocycles. The maximum Gasteiger partial charge on any atom is 0.261 e. The lowest BCUT2D eigenvalue weighted by atomic mass is 9.96. The smallest absolute Gasteiger partial charge is 0.261 e. The molecule has 0 bridgehead atoms. The fraction of sp³-hybridized carbons (Fsp3) is 0.235. The van der Waals surface area contributed by atoms with Crippen molar-refractivity contribution >= 4 is 33.7 Å². The molecule has 0 saturated carbocycles. The van der Waals surface area contributed by atoms with Crippen molar-refractivity contribution < 1.29 is 13.2 Å². The number of nitrogens with one attached hydrogen (secondary N) is 2. The normalized spacial score (nSPS) is 15.1. The lowest BCUT2D eigenvalue weighted by molar-refractivity contribution is 0.0115. The summed E-state index contributed by atoms with van der Waals surface area (Å²) in [5.74, 6) is -2.72. The first-order chi connectivity index (χ1) is 20.5. The van der Waals surface area contributed by atoms with E-state index in [0.29, 0.717) is 41.3 Å².